The van der Waals surface area contributed by atoms with Crippen molar-refractivity contribution in [3.8, 4) is 0 Å². The van der Waals surface area contributed by atoms with Gasteiger partial charge in [0, 0.05) is 7.05 Å². The van der Waals surface area contributed by atoms with E-state index in [4.69, 9.17) is 4.84 Å². The third-order valence-corrected chi connectivity index (χ3v) is 0.715. The lowest BCUT2D eigenvalue weighted by Gasteiger charge is -2.03. The largest absolute Gasteiger partial charge is 0.293 e. The molecule has 0 saturated carbocycles. The second-order valence-electron chi connectivity index (χ2n) is 1.55. The molecule has 0 spiro atoms. The lowest BCUT2D eigenvalue weighted by molar-refractivity contribution is -0.109. The van der Waals surface area contributed by atoms with Gasteiger partial charge < -0.3 is 0 Å². The second-order valence-corrected chi connectivity index (χ2v) is 1.55. The maximum atomic E-state index is 9.66. The Kier molecular flexibility index (Phi) is 5.60. The van der Waals surface area contributed by atoms with E-state index < -0.39 is 0 Å². The standard InChI is InChI=1S/C5H11N3O2/c1-5(10-6-2)3-7-8-4-9/h3-6H,1-2H3,(H,8,9)/b7-3-/t5-/m0/s1. The minimum atomic E-state index is -0.155. The van der Waals surface area contributed by atoms with Crippen molar-refractivity contribution in [2.45, 2.75) is 13.0 Å². The van der Waals surface area contributed by atoms with Crippen LogP contribution in [0.25, 0.3) is 0 Å². The van der Waals surface area contributed by atoms with Crippen LogP contribution in [0.3, 0.4) is 0 Å². The first-order valence-corrected chi connectivity index (χ1v) is 2.86. The number of carbonyl (C=O) groups excluding carboxylic acids is 1. The highest BCUT2D eigenvalue weighted by Gasteiger charge is 1.92. The molecule has 0 aliphatic rings. The Balaban J connectivity index is 3.34. The van der Waals surface area contributed by atoms with Gasteiger partial charge in [0.15, 0.2) is 0 Å². The maximum absolute atomic E-state index is 9.66. The number of nitrogens with zero attached hydrogens (tertiary/aromatic N) is 1. The molecule has 1 amide bonds. The van der Waals surface area contributed by atoms with Crippen LogP contribution < -0.4 is 10.9 Å². The zero-order chi connectivity index (χ0) is 7.82. The fraction of sp³-hybridized carbons (Fsp3) is 0.600. The van der Waals surface area contributed by atoms with Gasteiger partial charge in [-0.25, -0.2) is 10.9 Å². The lowest BCUT2D eigenvalue weighted by atomic mass is 10.5. The monoisotopic (exact) mass is 145 g/mol. The summed E-state index contributed by atoms with van der Waals surface area (Å²) in [5.74, 6) is 0. The summed E-state index contributed by atoms with van der Waals surface area (Å²) in [6.45, 7) is 1.78. The van der Waals surface area contributed by atoms with Gasteiger partial charge in [0.25, 0.3) is 0 Å². The van der Waals surface area contributed by atoms with E-state index in [1.165, 1.54) is 6.21 Å². The Morgan fingerprint density at radius 2 is 2.40 bits per heavy atom. The van der Waals surface area contributed by atoms with Crippen LogP contribution in [0.2, 0.25) is 0 Å². The Hall–Kier alpha value is -0.940. The lowest BCUT2D eigenvalue weighted by Crippen LogP contribution is -2.19. The highest BCUT2D eigenvalue weighted by molar-refractivity contribution is 5.63. The second kappa shape index (κ2) is 6.18. The number of hydroxylamine groups is 1. The van der Waals surface area contributed by atoms with Crippen LogP contribution in [0.5, 0.6) is 0 Å². The van der Waals surface area contributed by atoms with E-state index in [9.17, 15) is 4.79 Å². The van der Waals surface area contributed by atoms with Gasteiger partial charge in [0.05, 0.1) is 6.21 Å². The minimum Gasteiger partial charge on any atom is -0.293 e. The fourth-order valence-electron chi connectivity index (χ4n) is 0.395. The van der Waals surface area contributed by atoms with E-state index >= 15 is 0 Å². The predicted molar refractivity (Wildman–Crippen MR) is 37.3 cm³/mol. The van der Waals surface area contributed by atoms with Crippen molar-refractivity contribution in [3.63, 3.8) is 0 Å². The van der Waals surface area contributed by atoms with Crippen molar-refractivity contribution in [2.75, 3.05) is 7.05 Å². The summed E-state index contributed by atoms with van der Waals surface area (Å²) in [5.41, 5.74) is 4.61. The fourth-order valence-corrected chi connectivity index (χ4v) is 0.395. The normalized spacial score (nSPS) is 13.4. The van der Waals surface area contributed by atoms with Gasteiger partial charge in [0.2, 0.25) is 6.41 Å². The number of rotatable bonds is 5. The van der Waals surface area contributed by atoms with E-state index in [0.29, 0.717) is 6.41 Å². The number of nitrogens with one attached hydrogen (secondary N) is 2. The van der Waals surface area contributed by atoms with Crippen LogP contribution in [0.1, 0.15) is 6.92 Å². The molecule has 0 aliphatic heterocycles. The molecule has 10 heavy (non-hydrogen) atoms. The quantitative estimate of drug-likeness (QED) is 0.304. The summed E-state index contributed by atoms with van der Waals surface area (Å²) >= 11 is 0. The molecular weight excluding hydrogens is 134 g/mol. The predicted octanol–water partition coefficient (Wildman–Crippen LogP) is -0.742. The van der Waals surface area contributed by atoms with Crippen molar-refractivity contribution in [3.05, 3.63) is 0 Å². The molecule has 0 bridgehead atoms. The van der Waals surface area contributed by atoms with E-state index in [0.717, 1.165) is 0 Å². The number of hydrogen-bond donors (Lipinski definition) is 2. The molecule has 5 heteroatoms. The summed E-state index contributed by atoms with van der Waals surface area (Å²) in [4.78, 5) is 14.5. The molecule has 0 aromatic rings. The van der Waals surface area contributed by atoms with Gasteiger partial charge in [0.1, 0.15) is 6.10 Å². The smallest absolute Gasteiger partial charge is 0.227 e. The van der Waals surface area contributed by atoms with Crippen LogP contribution in [-0.2, 0) is 9.63 Å². The van der Waals surface area contributed by atoms with Crippen molar-refractivity contribution in [1.82, 2.24) is 10.9 Å². The van der Waals surface area contributed by atoms with Crippen LogP contribution in [-0.4, -0.2) is 25.8 Å². The Morgan fingerprint density at radius 1 is 1.70 bits per heavy atom. The molecule has 0 unspecified atom stereocenters. The summed E-state index contributed by atoms with van der Waals surface area (Å²) in [6, 6.07) is 0. The molecule has 0 saturated heterocycles. The molecule has 5 nitrogen and oxygen atoms in total. The zero-order valence-corrected chi connectivity index (χ0v) is 6.00. The number of amides is 1. The molecule has 0 aromatic carbocycles. The van der Waals surface area contributed by atoms with Gasteiger partial charge in [-0.15, -0.1) is 0 Å². The molecule has 0 aromatic heterocycles. The summed E-state index contributed by atoms with van der Waals surface area (Å²) in [6.07, 6.45) is 1.80. The first-order chi connectivity index (χ1) is 4.81. The Bertz CT molecular complexity index is 115. The van der Waals surface area contributed by atoms with E-state index in [2.05, 4.69) is 16.0 Å². The summed E-state index contributed by atoms with van der Waals surface area (Å²) < 4.78 is 0. The average molecular weight is 145 g/mol. The molecule has 1 atom stereocenters. The van der Waals surface area contributed by atoms with Crippen molar-refractivity contribution in [1.29, 1.82) is 0 Å². The molecule has 0 fully saturated rings. The van der Waals surface area contributed by atoms with E-state index in [1.54, 1.807) is 14.0 Å². The third kappa shape index (κ3) is 5.20. The topological polar surface area (TPSA) is 62.7 Å². The van der Waals surface area contributed by atoms with Gasteiger partial charge >= 0.3 is 0 Å². The first kappa shape index (κ1) is 9.06. The third-order valence-electron chi connectivity index (χ3n) is 0.715. The molecule has 0 rings (SSSR count). The van der Waals surface area contributed by atoms with Gasteiger partial charge in [-0.05, 0) is 6.92 Å². The van der Waals surface area contributed by atoms with Gasteiger partial charge in [-0.2, -0.15) is 5.10 Å². The molecule has 2 N–H and O–H groups in total. The minimum absolute atomic E-state index is 0.155. The Labute approximate surface area is 59.4 Å². The maximum Gasteiger partial charge on any atom is 0.227 e. The van der Waals surface area contributed by atoms with Crippen LogP contribution in [0.15, 0.2) is 5.10 Å². The SMILES string of the molecule is CNO[C@@H](C)/C=N\NC=O. The highest BCUT2D eigenvalue weighted by atomic mass is 16.7. The highest BCUT2D eigenvalue weighted by Crippen LogP contribution is 1.78. The van der Waals surface area contributed by atoms with E-state index in [-0.39, 0.29) is 6.10 Å². The summed E-state index contributed by atoms with van der Waals surface area (Å²) in [5, 5.41) is 3.50. The molecule has 0 heterocycles. The van der Waals surface area contributed by atoms with Crippen molar-refractivity contribution >= 4 is 12.6 Å². The van der Waals surface area contributed by atoms with Crippen LogP contribution in [0, 0.1) is 0 Å². The zero-order valence-electron chi connectivity index (χ0n) is 6.00. The number of hydrogen-bond acceptors (Lipinski definition) is 4. The molecule has 0 aliphatic carbocycles. The molecule has 58 valence electrons. The van der Waals surface area contributed by atoms with Crippen LogP contribution in [0.4, 0.5) is 0 Å². The number of carbonyl (C=O) groups is 1. The van der Waals surface area contributed by atoms with E-state index in [1.807, 2.05) is 0 Å². The van der Waals surface area contributed by atoms with Crippen molar-refractivity contribution < 1.29 is 9.63 Å². The Morgan fingerprint density at radius 3 is 2.90 bits per heavy atom. The van der Waals surface area contributed by atoms with Crippen LogP contribution >= 0.6 is 0 Å². The van der Waals surface area contributed by atoms with Gasteiger partial charge in [-0.3, -0.25) is 9.63 Å². The number of hydrazone groups is 1. The van der Waals surface area contributed by atoms with Gasteiger partial charge in [-0.1, -0.05) is 0 Å². The first-order valence-electron chi connectivity index (χ1n) is 2.86. The van der Waals surface area contributed by atoms with Crippen molar-refractivity contribution in [2.24, 2.45) is 5.10 Å². The average Bonchev–Trinajstić information content (AvgIpc) is 1.89. The summed E-state index contributed by atoms with van der Waals surface area (Å²) in [7, 11) is 1.65. The molecule has 0 radical (unpaired) electrons. The molecular formula is C5H11N3O2.